The maximum Gasteiger partial charge on any atom is 0.163 e. The van der Waals surface area contributed by atoms with E-state index in [2.05, 4.69) is 32.6 Å². The minimum absolute atomic E-state index is 0.824. The molecule has 1 aliphatic heterocycles. The van der Waals surface area contributed by atoms with Crippen LogP contribution in [0, 0.1) is 6.92 Å². The van der Waals surface area contributed by atoms with Gasteiger partial charge in [0.15, 0.2) is 5.82 Å². The maximum absolute atomic E-state index is 4.08. The van der Waals surface area contributed by atoms with Gasteiger partial charge in [0.2, 0.25) is 0 Å². The molecule has 0 bridgehead atoms. The van der Waals surface area contributed by atoms with Gasteiger partial charge in [0.05, 0.1) is 5.69 Å². The molecule has 5 heteroatoms. The first-order chi connectivity index (χ1) is 7.24. The van der Waals surface area contributed by atoms with Gasteiger partial charge in [0, 0.05) is 26.2 Å². The molecule has 5 nitrogen and oxygen atoms in total. The number of hydrazine groups is 1. The third-order valence-corrected chi connectivity index (χ3v) is 2.57. The highest BCUT2D eigenvalue weighted by molar-refractivity contribution is 5.31. The van der Waals surface area contributed by atoms with E-state index in [1.165, 1.54) is 0 Å². The Morgan fingerprint density at radius 2 is 1.87 bits per heavy atom. The molecule has 2 rings (SSSR count). The van der Waals surface area contributed by atoms with Crippen molar-refractivity contribution < 1.29 is 0 Å². The molecule has 0 aliphatic carbocycles. The molecule has 0 atom stereocenters. The maximum atomic E-state index is 4.08. The summed E-state index contributed by atoms with van der Waals surface area (Å²) >= 11 is 0. The van der Waals surface area contributed by atoms with Crippen LogP contribution < -0.4 is 5.43 Å². The molecule has 1 aliphatic rings. The average Bonchev–Trinajstić information content (AvgIpc) is 2.25. The highest BCUT2D eigenvalue weighted by Crippen LogP contribution is 2.05. The lowest BCUT2D eigenvalue weighted by atomic mass is 10.4. The van der Waals surface area contributed by atoms with Crippen molar-refractivity contribution in [3.63, 3.8) is 0 Å². The summed E-state index contributed by atoms with van der Waals surface area (Å²) in [5.74, 6) is 0.824. The molecule has 0 aromatic carbocycles. The van der Waals surface area contributed by atoms with Crippen molar-refractivity contribution >= 4 is 5.82 Å². The largest absolute Gasteiger partial charge is 0.304 e. The van der Waals surface area contributed by atoms with Gasteiger partial charge in [-0.1, -0.05) is 0 Å². The van der Waals surface area contributed by atoms with E-state index < -0.39 is 0 Å². The number of anilines is 1. The van der Waals surface area contributed by atoms with E-state index in [0.29, 0.717) is 0 Å². The predicted molar refractivity (Wildman–Crippen MR) is 59.5 cm³/mol. The van der Waals surface area contributed by atoms with E-state index in [9.17, 15) is 0 Å². The average molecular weight is 207 g/mol. The van der Waals surface area contributed by atoms with Crippen LogP contribution in [0.25, 0.3) is 0 Å². The topological polar surface area (TPSA) is 44.3 Å². The Morgan fingerprint density at radius 3 is 2.47 bits per heavy atom. The number of aryl methyl sites for hydroxylation is 1. The fourth-order valence-corrected chi connectivity index (χ4v) is 1.54. The van der Waals surface area contributed by atoms with Crippen molar-refractivity contribution in [2.24, 2.45) is 0 Å². The molecule has 2 heterocycles. The van der Waals surface area contributed by atoms with Gasteiger partial charge in [0.1, 0.15) is 0 Å². The molecule has 0 unspecified atom stereocenters. The van der Waals surface area contributed by atoms with E-state index in [1.807, 2.05) is 19.1 Å². The van der Waals surface area contributed by atoms with E-state index >= 15 is 0 Å². The van der Waals surface area contributed by atoms with E-state index in [4.69, 9.17) is 0 Å². The molecule has 1 fully saturated rings. The van der Waals surface area contributed by atoms with Gasteiger partial charge < -0.3 is 10.3 Å². The third kappa shape index (κ3) is 2.87. The number of nitrogens with one attached hydrogen (secondary N) is 1. The molecule has 1 saturated heterocycles. The summed E-state index contributed by atoms with van der Waals surface area (Å²) < 4.78 is 0. The van der Waals surface area contributed by atoms with E-state index in [1.54, 1.807) is 0 Å². The van der Waals surface area contributed by atoms with Crippen molar-refractivity contribution in [1.82, 2.24) is 20.1 Å². The van der Waals surface area contributed by atoms with Crippen LogP contribution in [0.5, 0.6) is 0 Å². The van der Waals surface area contributed by atoms with Gasteiger partial charge in [-0.3, -0.25) is 0 Å². The summed E-state index contributed by atoms with van der Waals surface area (Å²) in [6.45, 7) is 6.16. The zero-order chi connectivity index (χ0) is 10.7. The summed E-state index contributed by atoms with van der Waals surface area (Å²) in [4.78, 5) is 2.32. The molecular weight excluding hydrogens is 190 g/mol. The van der Waals surface area contributed by atoms with Gasteiger partial charge >= 0.3 is 0 Å². The first kappa shape index (κ1) is 10.3. The zero-order valence-corrected chi connectivity index (χ0v) is 9.27. The number of nitrogens with zero attached hydrogens (tertiary/aromatic N) is 4. The molecule has 82 valence electrons. The number of piperazine rings is 1. The second-order valence-corrected chi connectivity index (χ2v) is 3.96. The van der Waals surface area contributed by atoms with Gasteiger partial charge in [-0.2, -0.15) is 5.10 Å². The van der Waals surface area contributed by atoms with Crippen molar-refractivity contribution in [3.8, 4) is 0 Å². The lowest BCUT2D eigenvalue weighted by Crippen LogP contribution is -2.47. The van der Waals surface area contributed by atoms with Crippen molar-refractivity contribution in [1.29, 1.82) is 0 Å². The van der Waals surface area contributed by atoms with Gasteiger partial charge in [-0.15, -0.1) is 5.10 Å². The molecular formula is C10H17N5. The third-order valence-electron chi connectivity index (χ3n) is 2.57. The van der Waals surface area contributed by atoms with Crippen molar-refractivity contribution in [2.45, 2.75) is 6.92 Å². The van der Waals surface area contributed by atoms with Crippen LogP contribution >= 0.6 is 0 Å². The van der Waals surface area contributed by atoms with E-state index in [0.717, 1.165) is 37.7 Å². The highest BCUT2D eigenvalue weighted by Gasteiger charge is 2.13. The van der Waals surface area contributed by atoms with Crippen LogP contribution in [0.1, 0.15) is 5.69 Å². The Labute approximate surface area is 90.1 Å². The molecule has 0 amide bonds. The van der Waals surface area contributed by atoms with Crippen LogP contribution in [-0.4, -0.2) is 53.3 Å². The quantitative estimate of drug-likeness (QED) is 0.758. The Bertz CT molecular complexity index is 302. The smallest absolute Gasteiger partial charge is 0.163 e. The van der Waals surface area contributed by atoms with Crippen LogP contribution in [0.4, 0.5) is 5.82 Å². The predicted octanol–water partition coefficient (Wildman–Crippen LogP) is 0.359. The molecule has 15 heavy (non-hydrogen) atoms. The van der Waals surface area contributed by atoms with Gasteiger partial charge in [-0.05, 0) is 26.1 Å². The highest BCUT2D eigenvalue weighted by atomic mass is 15.5. The lowest BCUT2D eigenvalue weighted by molar-refractivity contribution is 0.178. The number of hydrogen-bond donors (Lipinski definition) is 1. The van der Waals surface area contributed by atoms with Crippen molar-refractivity contribution in [2.75, 3.05) is 38.7 Å². The zero-order valence-electron chi connectivity index (χ0n) is 9.27. The monoisotopic (exact) mass is 207 g/mol. The number of likely N-dealkylation sites (N-methyl/N-ethyl adjacent to an activating group) is 1. The second kappa shape index (κ2) is 4.55. The Balaban J connectivity index is 1.89. The first-order valence-corrected chi connectivity index (χ1v) is 5.24. The fourth-order valence-electron chi connectivity index (χ4n) is 1.54. The van der Waals surface area contributed by atoms with Crippen LogP contribution in [0.2, 0.25) is 0 Å². The number of rotatable bonds is 2. The number of aromatic nitrogens is 2. The van der Waals surface area contributed by atoms with Crippen LogP contribution in [-0.2, 0) is 0 Å². The van der Waals surface area contributed by atoms with Crippen LogP contribution in [0.3, 0.4) is 0 Å². The van der Waals surface area contributed by atoms with Gasteiger partial charge in [0.25, 0.3) is 0 Å². The summed E-state index contributed by atoms with van der Waals surface area (Å²) in [6, 6.07) is 3.92. The molecule has 1 aromatic rings. The SMILES string of the molecule is Cc1ccc(NN2CCN(C)CC2)nn1. The first-order valence-electron chi connectivity index (χ1n) is 5.24. The molecule has 1 N–H and O–H groups in total. The Kier molecular flexibility index (Phi) is 3.13. The summed E-state index contributed by atoms with van der Waals surface area (Å²) in [6.07, 6.45) is 0. The Morgan fingerprint density at radius 1 is 1.13 bits per heavy atom. The lowest BCUT2D eigenvalue weighted by Gasteiger charge is -2.32. The standard InChI is InChI=1S/C10H17N5/c1-9-3-4-10(12-11-9)13-15-7-5-14(2)6-8-15/h3-4H,5-8H2,1-2H3,(H,12,13). The van der Waals surface area contributed by atoms with Gasteiger partial charge in [-0.25, -0.2) is 5.01 Å². The van der Waals surface area contributed by atoms with E-state index in [-0.39, 0.29) is 0 Å². The fraction of sp³-hybridized carbons (Fsp3) is 0.600. The molecule has 1 aromatic heterocycles. The molecule has 0 saturated carbocycles. The van der Waals surface area contributed by atoms with Crippen LogP contribution in [0.15, 0.2) is 12.1 Å². The summed E-state index contributed by atoms with van der Waals surface area (Å²) in [7, 11) is 2.14. The number of hydrogen-bond acceptors (Lipinski definition) is 5. The Hall–Kier alpha value is -1.20. The summed E-state index contributed by atoms with van der Waals surface area (Å²) in [5.41, 5.74) is 4.21. The second-order valence-electron chi connectivity index (χ2n) is 3.96. The minimum Gasteiger partial charge on any atom is -0.304 e. The summed E-state index contributed by atoms with van der Waals surface area (Å²) in [5, 5.41) is 10.3. The molecule has 0 radical (unpaired) electrons. The van der Waals surface area contributed by atoms with Crippen molar-refractivity contribution in [3.05, 3.63) is 17.8 Å². The normalized spacial score (nSPS) is 19.1. The minimum atomic E-state index is 0.824. The molecule has 0 spiro atoms.